The number of carbonyl (C=O) groups excluding carboxylic acids is 1. The Bertz CT molecular complexity index is 154. The molecular weight excluding hydrogens is 160 g/mol. The lowest BCUT2D eigenvalue weighted by atomic mass is 10.2. The smallest absolute Gasteiger partial charge is 0.333 e. The normalized spacial score (nSPS) is 12.3. The molecule has 0 bridgehead atoms. The Morgan fingerprint density at radius 3 is 2.64 bits per heavy atom. The van der Waals surface area contributed by atoms with Gasteiger partial charge in [0, 0.05) is 5.57 Å². The van der Waals surface area contributed by atoms with Gasteiger partial charge < -0.3 is 4.74 Å². The second-order valence-electron chi connectivity index (χ2n) is 2.67. The van der Waals surface area contributed by atoms with Crippen LogP contribution in [0.1, 0.15) is 13.8 Å². The maximum absolute atomic E-state index is 10.8. The summed E-state index contributed by atoms with van der Waals surface area (Å²) in [6.45, 7) is 7.49. The highest BCUT2D eigenvalue weighted by atomic mass is 32.1. The number of thiol groups is 1. The summed E-state index contributed by atoms with van der Waals surface area (Å²) in [5.41, 5.74) is 0.441. The molecule has 2 nitrogen and oxygen atoms in total. The lowest BCUT2D eigenvalue weighted by Crippen LogP contribution is -2.13. The van der Waals surface area contributed by atoms with E-state index in [4.69, 9.17) is 4.74 Å². The van der Waals surface area contributed by atoms with Crippen LogP contribution in [-0.4, -0.2) is 18.3 Å². The monoisotopic (exact) mass is 174 g/mol. The maximum atomic E-state index is 10.8. The van der Waals surface area contributed by atoms with Crippen LogP contribution in [0.25, 0.3) is 0 Å². The van der Waals surface area contributed by atoms with Gasteiger partial charge in [0.2, 0.25) is 0 Å². The van der Waals surface area contributed by atoms with Gasteiger partial charge in [-0.2, -0.15) is 12.6 Å². The number of rotatable bonds is 4. The van der Waals surface area contributed by atoms with Crippen molar-refractivity contribution in [2.24, 2.45) is 5.92 Å². The summed E-state index contributed by atoms with van der Waals surface area (Å²) in [7, 11) is 0. The van der Waals surface area contributed by atoms with E-state index in [0.717, 1.165) is 5.75 Å². The van der Waals surface area contributed by atoms with E-state index in [-0.39, 0.29) is 5.97 Å². The van der Waals surface area contributed by atoms with Gasteiger partial charge in [0.15, 0.2) is 0 Å². The summed E-state index contributed by atoms with van der Waals surface area (Å²) >= 11 is 4.06. The van der Waals surface area contributed by atoms with E-state index in [1.165, 1.54) is 0 Å². The van der Waals surface area contributed by atoms with Gasteiger partial charge in [0.1, 0.15) is 0 Å². The van der Waals surface area contributed by atoms with Crippen LogP contribution >= 0.6 is 12.6 Å². The first-order valence-corrected chi connectivity index (χ1v) is 4.14. The number of hydrogen-bond donors (Lipinski definition) is 1. The molecule has 0 aromatic heterocycles. The summed E-state index contributed by atoms with van der Waals surface area (Å²) < 4.78 is 4.87. The standard InChI is InChI=1S/C8H14O2S/c1-6(2)8(9)10-4-7(3)5-11/h7,11H,1,4-5H2,2-3H3. The van der Waals surface area contributed by atoms with Crippen molar-refractivity contribution in [1.82, 2.24) is 0 Å². The molecule has 0 saturated heterocycles. The van der Waals surface area contributed by atoms with Crippen molar-refractivity contribution in [2.45, 2.75) is 13.8 Å². The molecule has 0 rings (SSSR count). The third-order valence-corrected chi connectivity index (χ3v) is 1.78. The van der Waals surface area contributed by atoms with Crippen LogP contribution in [0.4, 0.5) is 0 Å². The van der Waals surface area contributed by atoms with Crippen LogP contribution < -0.4 is 0 Å². The first kappa shape index (κ1) is 10.6. The fourth-order valence-electron chi connectivity index (χ4n) is 0.394. The van der Waals surface area contributed by atoms with E-state index in [1.807, 2.05) is 6.92 Å². The van der Waals surface area contributed by atoms with E-state index in [9.17, 15) is 4.79 Å². The average molecular weight is 174 g/mol. The first-order valence-electron chi connectivity index (χ1n) is 3.51. The fourth-order valence-corrected chi connectivity index (χ4v) is 0.499. The van der Waals surface area contributed by atoms with E-state index in [1.54, 1.807) is 6.92 Å². The molecule has 0 spiro atoms. The van der Waals surface area contributed by atoms with Gasteiger partial charge in [-0.3, -0.25) is 0 Å². The van der Waals surface area contributed by atoms with Crippen LogP contribution in [0.15, 0.2) is 12.2 Å². The molecule has 0 heterocycles. The molecule has 0 amide bonds. The molecule has 1 unspecified atom stereocenters. The second kappa shape index (κ2) is 5.24. The number of esters is 1. The van der Waals surface area contributed by atoms with Crippen LogP contribution in [0.3, 0.4) is 0 Å². The van der Waals surface area contributed by atoms with Crippen molar-refractivity contribution in [1.29, 1.82) is 0 Å². The van der Waals surface area contributed by atoms with Crippen molar-refractivity contribution in [3.63, 3.8) is 0 Å². The van der Waals surface area contributed by atoms with Crippen molar-refractivity contribution >= 4 is 18.6 Å². The Labute approximate surface area is 73.0 Å². The van der Waals surface area contributed by atoms with E-state index < -0.39 is 0 Å². The van der Waals surface area contributed by atoms with Gasteiger partial charge in [0.25, 0.3) is 0 Å². The minimum Gasteiger partial charge on any atom is -0.462 e. The van der Waals surface area contributed by atoms with Crippen LogP contribution in [0, 0.1) is 5.92 Å². The molecule has 3 heteroatoms. The molecular formula is C8H14O2S. The van der Waals surface area contributed by atoms with E-state index >= 15 is 0 Å². The van der Waals surface area contributed by atoms with Gasteiger partial charge in [-0.25, -0.2) is 4.79 Å². The maximum Gasteiger partial charge on any atom is 0.333 e. The van der Waals surface area contributed by atoms with Gasteiger partial charge in [-0.15, -0.1) is 0 Å². The summed E-state index contributed by atoms with van der Waals surface area (Å²) in [6.07, 6.45) is 0. The van der Waals surface area contributed by atoms with Crippen LogP contribution in [0.2, 0.25) is 0 Å². The molecule has 0 aromatic rings. The third-order valence-electron chi connectivity index (χ3n) is 1.16. The molecule has 0 saturated carbocycles. The molecule has 0 aliphatic rings. The van der Waals surface area contributed by atoms with Crippen LogP contribution in [0.5, 0.6) is 0 Å². The SMILES string of the molecule is C=C(C)C(=O)OCC(C)CS. The molecule has 0 aliphatic heterocycles. The Morgan fingerprint density at radius 2 is 2.27 bits per heavy atom. The highest BCUT2D eigenvalue weighted by Crippen LogP contribution is 2.00. The van der Waals surface area contributed by atoms with Gasteiger partial charge in [0.05, 0.1) is 6.61 Å². The highest BCUT2D eigenvalue weighted by Gasteiger charge is 2.05. The fraction of sp³-hybridized carbons (Fsp3) is 0.625. The summed E-state index contributed by atoms with van der Waals surface area (Å²) in [5, 5.41) is 0. The highest BCUT2D eigenvalue weighted by molar-refractivity contribution is 7.80. The summed E-state index contributed by atoms with van der Waals surface area (Å²) in [6, 6.07) is 0. The molecule has 0 aliphatic carbocycles. The first-order chi connectivity index (χ1) is 5.07. The Hall–Kier alpha value is -0.440. The molecule has 0 fully saturated rings. The topological polar surface area (TPSA) is 26.3 Å². The van der Waals surface area contributed by atoms with Crippen molar-refractivity contribution < 1.29 is 9.53 Å². The zero-order valence-corrected chi connectivity index (χ0v) is 7.86. The second-order valence-corrected chi connectivity index (χ2v) is 3.03. The Kier molecular flexibility index (Phi) is 5.03. The minimum atomic E-state index is -0.321. The molecule has 1 atom stereocenters. The summed E-state index contributed by atoms with van der Waals surface area (Å²) in [4.78, 5) is 10.8. The van der Waals surface area contributed by atoms with Crippen molar-refractivity contribution in [3.05, 3.63) is 12.2 Å². The van der Waals surface area contributed by atoms with Crippen LogP contribution in [-0.2, 0) is 9.53 Å². The van der Waals surface area contributed by atoms with Crippen molar-refractivity contribution in [2.75, 3.05) is 12.4 Å². The third kappa shape index (κ3) is 4.90. The quantitative estimate of drug-likeness (QED) is 0.398. The van der Waals surface area contributed by atoms with Crippen molar-refractivity contribution in [3.8, 4) is 0 Å². The molecule has 0 aromatic carbocycles. The molecule has 11 heavy (non-hydrogen) atoms. The Balaban J connectivity index is 3.54. The van der Waals surface area contributed by atoms with E-state index in [2.05, 4.69) is 19.2 Å². The minimum absolute atomic E-state index is 0.307. The largest absolute Gasteiger partial charge is 0.462 e. The molecule has 64 valence electrons. The number of carbonyl (C=O) groups is 1. The number of hydrogen-bond acceptors (Lipinski definition) is 3. The van der Waals surface area contributed by atoms with Gasteiger partial charge in [-0.05, 0) is 18.6 Å². The van der Waals surface area contributed by atoms with Gasteiger partial charge >= 0.3 is 5.97 Å². The zero-order valence-electron chi connectivity index (χ0n) is 6.96. The average Bonchev–Trinajstić information content (AvgIpc) is 1.99. The molecule has 0 N–H and O–H groups in total. The number of ether oxygens (including phenoxy) is 1. The van der Waals surface area contributed by atoms with E-state index in [0.29, 0.717) is 18.1 Å². The summed E-state index contributed by atoms with van der Waals surface area (Å²) in [5.74, 6) is 0.712. The lowest BCUT2D eigenvalue weighted by Gasteiger charge is -2.08. The van der Waals surface area contributed by atoms with Gasteiger partial charge in [-0.1, -0.05) is 13.5 Å². The Morgan fingerprint density at radius 1 is 1.73 bits per heavy atom. The zero-order chi connectivity index (χ0) is 8.85. The predicted octanol–water partition coefficient (Wildman–Crippen LogP) is 1.67. The predicted molar refractivity (Wildman–Crippen MR) is 48.8 cm³/mol. The molecule has 0 radical (unpaired) electrons. The lowest BCUT2D eigenvalue weighted by molar-refractivity contribution is -0.139.